The van der Waals surface area contributed by atoms with E-state index in [1.807, 2.05) is 11.8 Å². The van der Waals surface area contributed by atoms with Gasteiger partial charge in [-0.2, -0.15) is 0 Å². The molecule has 1 fully saturated rings. The maximum Gasteiger partial charge on any atom is 0.192 e. The van der Waals surface area contributed by atoms with Gasteiger partial charge in [0.25, 0.3) is 0 Å². The molecule has 1 saturated carbocycles. The van der Waals surface area contributed by atoms with Crippen LogP contribution in [0.25, 0.3) is 11.4 Å². The van der Waals surface area contributed by atoms with Crippen LogP contribution in [-0.4, -0.2) is 20.0 Å². The lowest BCUT2D eigenvalue weighted by molar-refractivity contribution is 0.339. The molecular formula is C17H23N3S. The third kappa shape index (κ3) is 3.31. The molecule has 3 rings (SSSR count). The Morgan fingerprint density at radius 2 is 1.76 bits per heavy atom. The maximum absolute atomic E-state index is 4.51. The summed E-state index contributed by atoms with van der Waals surface area (Å²) in [6.07, 6.45) is 6.52. The summed E-state index contributed by atoms with van der Waals surface area (Å²) in [5, 5.41) is 10.6. The van der Waals surface area contributed by atoms with Crippen LogP contribution in [0, 0.1) is 0 Å². The molecule has 0 N–H and O–H groups in total. The van der Waals surface area contributed by atoms with E-state index in [-0.39, 0.29) is 0 Å². The monoisotopic (exact) mass is 301 g/mol. The highest BCUT2D eigenvalue weighted by Crippen LogP contribution is 2.36. The smallest absolute Gasteiger partial charge is 0.192 e. The van der Waals surface area contributed by atoms with Gasteiger partial charge in [0.2, 0.25) is 0 Å². The summed E-state index contributed by atoms with van der Waals surface area (Å²) in [6, 6.07) is 11.0. The number of hydrogen-bond donors (Lipinski definition) is 0. The standard InChI is InChI=1S/C17H23N3S/c1-13(2)21-17-19-18-16(14-9-5-3-6-10-14)20(17)15-11-7-4-8-12-15/h3,5-6,9-10,13,15H,4,7-8,11-12H2,1-2H3. The third-order valence-electron chi connectivity index (χ3n) is 3.98. The molecule has 0 atom stereocenters. The van der Waals surface area contributed by atoms with Crippen molar-refractivity contribution >= 4 is 11.8 Å². The lowest BCUT2D eigenvalue weighted by Crippen LogP contribution is -2.15. The third-order valence-corrected chi connectivity index (χ3v) is 4.94. The molecule has 4 heteroatoms. The van der Waals surface area contributed by atoms with E-state index in [2.05, 4.69) is 58.9 Å². The van der Waals surface area contributed by atoms with Crippen LogP contribution in [0.5, 0.6) is 0 Å². The summed E-state index contributed by atoms with van der Waals surface area (Å²) in [6.45, 7) is 4.43. The molecule has 0 aliphatic heterocycles. The summed E-state index contributed by atoms with van der Waals surface area (Å²) in [5.74, 6) is 1.03. The first-order valence-corrected chi connectivity index (χ1v) is 8.80. The second kappa shape index (κ2) is 6.65. The van der Waals surface area contributed by atoms with E-state index in [1.165, 1.54) is 37.7 Å². The Labute approximate surface area is 131 Å². The van der Waals surface area contributed by atoms with Crippen molar-refractivity contribution in [3.8, 4) is 11.4 Å². The lowest BCUT2D eigenvalue weighted by atomic mass is 9.95. The van der Waals surface area contributed by atoms with Crippen LogP contribution < -0.4 is 0 Å². The number of aromatic nitrogens is 3. The fraction of sp³-hybridized carbons (Fsp3) is 0.529. The number of thioether (sulfide) groups is 1. The van der Waals surface area contributed by atoms with Gasteiger partial charge in [0.15, 0.2) is 11.0 Å². The largest absolute Gasteiger partial charge is 0.299 e. The molecule has 2 aromatic rings. The predicted molar refractivity (Wildman–Crippen MR) is 88.6 cm³/mol. The van der Waals surface area contributed by atoms with E-state index < -0.39 is 0 Å². The Bertz CT molecular complexity index is 571. The predicted octanol–water partition coefficient (Wildman–Crippen LogP) is 4.95. The highest BCUT2D eigenvalue weighted by Gasteiger charge is 2.24. The Balaban J connectivity index is 2.01. The first kappa shape index (κ1) is 14.6. The Morgan fingerprint density at radius 1 is 1.05 bits per heavy atom. The quantitative estimate of drug-likeness (QED) is 0.748. The van der Waals surface area contributed by atoms with Gasteiger partial charge in [-0.1, -0.05) is 75.2 Å². The van der Waals surface area contributed by atoms with Crippen molar-refractivity contribution in [3.63, 3.8) is 0 Å². The first-order chi connectivity index (χ1) is 10.3. The summed E-state index contributed by atoms with van der Waals surface area (Å²) in [7, 11) is 0. The van der Waals surface area contributed by atoms with Gasteiger partial charge in [-0.15, -0.1) is 10.2 Å². The summed E-state index contributed by atoms with van der Waals surface area (Å²) in [5.41, 5.74) is 1.17. The van der Waals surface area contributed by atoms with Crippen molar-refractivity contribution in [1.82, 2.24) is 14.8 Å². The van der Waals surface area contributed by atoms with Crippen LogP contribution in [0.2, 0.25) is 0 Å². The van der Waals surface area contributed by atoms with Crippen molar-refractivity contribution in [1.29, 1.82) is 0 Å². The van der Waals surface area contributed by atoms with Crippen molar-refractivity contribution in [2.45, 2.75) is 62.4 Å². The molecule has 0 amide bonds. The zero-order valence-corrected chi connectivity index (χ0v) is 13.6. The van der Waals surface area contributed by atoms with E-state index in [4.69, 9.17) is 0 Å². The van der Waals surface area contributed by atoms with Crippen LogP contribution in [-0.2, 0) is 0 Å². The zero-order valence-electron chi connectivity index (χ0n) is 12.8. The molecule has 1 heterocycles. The molecule has 0 spiro atoms. The Kier molecular flexibility index (Phi) is 4.63. The second-order valence-corrected chi connectivity index (χ2v) is 7.54. The van der Waals surface area contributed by atoms with Crippen molar-refractivity contribution in [2.24, 2.45) is 0 Å². The van der Waals surface area contributed by atoms with Crippen molar-refractivity contribution in [3.05, 3.63) is 30.3 Å². The van der Waals surface area contributed by atoms with Gasteiger partial charge in [0.1, 0.15) is 0 Å². The fourth-order valence-corrected chi connectivity index (χ4v) is 3.88. The minimum Gasteiger partial charge on any atom is -0.299 e. The first-order valence-electron chi connectivity index (χ1n) is 7.92. The van der Waals surface area contributed by atoms with E-state index in [1.54, 1.807) is 0 Å². The van der Waals surface area contributed by atoms with E-state index >= 15 is 0 Å². The average Bonchev–Trinajstić information content (AvgIpc) is 2.92. The Hall–Kier alpha value is -1.29. The molecule has 1 aliphatic carbocycles. The molecular weight excluding hydrogens is 278 g/mol. The van der Waals surface area contributed by atoms with E-state index in [0.717, 1.165) is 11.0 Å². The molecule has 1 aromatic heterocycles. The maximum atomic E-state index is 4.51. The van der Waals surface area contributed by atoms with Gasteiger partial charge in [0.05, 0.1) is 0 Å². The van der Waals surface area contributed by atoms with Gasteiger partial charge < -0.3 is 0 Å². The van der Waals surface area contributed by atoms with Crippen LogP contribution in [0.15, 0.2) is 35.5 Å². The summed E-state index contributed by atoms with van der Waals surface area (Å²) in [4.78, 5) is 0. The number of rotatable bonds is 4. The molecule has 0 radical (unpaired) electrons. The van der Waals surface area contributed by atoms with Gasteiger partial charge >= 0.3 is 0 Å². The zero-order chi connectivity index (χ0) is 14.7. The number of hydrogen-bond acceptors (Lipinski definition) is 3. The van der Waals surface area contributed by atoms with Crippen molar-refractivity contribution < 1.29 is 0 Å². The van der Waals surface area contributed by atoms with Gasteiger partial charge in [-0.25, -0.2) is 0 Å². The second-order valence-electron chi connectivity index (χ2n) is 6.00. The van der Waals surface area contributed by atoms with Crippen LogP contribution in [0.3, 0.4) is 0 Å². The topological polar surface area (TPSA) is 30.7 Å². The fourth-order valence-electron chi connectivity index (χ4n) is 3.02. The minimum atomic E-state index is 0.528. The molecule has 0 bridgehead atoms. The van der Waals surface area contributed by atoms with Crippen LogP contribution in [0.4, 0.5) is 0 Å². The number of benzene rings is 1. The minimum absolute atomic E-state index is 0.528. The van der Waals surface area contributed by atoms with Gasteiger partial charge in [0, 0.05) is 16.9 Å². The highest BCUT2D eigenvalue weighted by molar-refractivity contribution is 7.99. The molecule has 3 nitrogen and oxygen atoms in total. The molecule has 0 saturated heterocycles. The van der Waals surface area contributed by atoms with E-state index in [0.29, 0.717) is 11.3 Å². The highest BCUT2D eigenvalue weighted by atomic mass is 32.2. The van der Waals surface area contributed by atoms with Gasteiger partial charge in [-0.3, -0.25) is 4.57 Å². The molecule has 21 heavy (non-hydrogen) atoms. The summed E-state index contributed by atoms with van der Waals surface area (Å²) >= 11 is 1.82. The molecule has 1 aromatic carbocycles. The lowest BCUT2D eigenvalue weighted by Gasteiger charge is -2.26. The van der Waals surface area contributed by atoms with Crippen LogP contribution >= 0.6 is 11.8 Å². The SMILES string of the molecule is CC(C)Sc1nnc(-c2ccccc2)n1C1CCCCC1. The number of nitrogens with zero attached hydrogens (tertiary/aromatic N) is 3. The normalized spacial score (nSPS) is 16.5. The Morgan fingerprint density at radius 3 is 2.43 bits per heavy atom. The molecule has 0 unspecified atom stereocenters. The van der Waals surface area contributed by atoms with Crippen molar-refractivity contribution in [2.75, 3.05) is 0 Å². The summed E-state index contributed by atoms with van der Waals surface area (Å²) < 4.78 is 2.40. The van der Waals surface area contributed by atoms with E-state index in [9.17, 15) is 0 Å². The van der Waals surface area contributed by atoms with Gasteiger partial charge in [-0.05, 0) is 12.8 Å². The average molecular weight is 301 g/mol. The van der Waals surface area contributed by atoms with Crippen LogP contribution in [0.1, 0.15) is 52.0 Å². The molecule has 112 valence electrons. The molecule has 1 aliphatic rings.